The predicted molar refractivity (Wildman–Crippen MR) is 157 cm³/mol. The van der Waals surface area contributed by atoms with Crippen LogP contribution in [0, 0.1) is 0 Å². The molecule has 2 aliphatic rings. The Balaban J connectivity index is 1.60. The van der Waals surface area contributed by atoms with Crippen LogP contribution in [0.2, 0.25) is 0 Å². The average Bonchev–Trinajstić information content (AvgIpc) is 3.56. The Morgan fingerprint density at radius 2 is 2.09 bits per heavy atom. The Morgan fingerprint density at radius 1 is 1.36 bits per heavy atom. The predicted octanol–water partition coefficient (Wildman–Crippen LogP) is -3.90. The molecule has 1 fully saturated rings. The molecule has 0 spiro atoms. The molecule has 0 bridgehead atoms. The zero-order valence-electron chi connectivity index (χ0n) is 29.1. The summed E-state index contributed by atoms with van der Waals surface area (Å²) in [6, 6.07) is -2.02. The third-order valence-corrected chi connectivity index (χ3v) is 8.17. The molecule has 0 unspecified atom stereocenters. The number of fused-ring (bicyclic) bond motifs is 1. The van der Waals surface area contributed by atoms with Crippen molar-refractivity contribution in [3.8, 4) is 0 Å². The first kappa shape index (κ1) is 25.4. The topological polar surface area (TPSA) is 302 Å². The van der Waals surface area contributed by atoms with E-state index in [0.717, 1.165) is 16.7 Å². The number of nitrogen functional groups attached to an aromatic ring is 2. The van der Waals surface area contributed by atoms with Gasteiger partial charge in [-0.2, -0.15) is 9.36 Å². The van der Waals surface area contributed by atoms with Gasteiger partial charge in [0.2, 0.25) is 23.3 Å². The number of β-lactam (4-membered cyclic amide) rings is 1. The van der Waals surface area contributed by atoms with Crippen molar-refractivity contribution in [1.29, 1.82) is 0 Å². The number of hydrogen-bond donors (Lipinski definition) is 7. The molecule has 2 aliphatic heterocycles. The van der Waals surface area contributed by atoms with E-state index >= 15 is 0 Å². The minimum absolute atomic E-state index is 0.00546. The third kappa shape index (κ3) is 6.76. The second-order valence-electron chi connectivity index (χ2n) is 9.29. The number of anilines is 3. The van der Waals surface area contributed by atoms with Gasteiger partial charge in [-0.1, -0.05) is 5.16 Å². The molecule has 0 radical (unpaired) electrons. The summed E-state index contributed by atoms with van der Waals surface area (Å²) in [5.41, 5.74) is 12.0. The lowest BCUT2D eigenvalue weighted by Gasteiger charge is -2.50. The summed E-state index contributed by atoms with van der Waals surface area (Å²) in [6.07, 6.45) is 1.44. The Kier molecular flexibility index (Phi) is 7.30. The molecule has 0 aromatic carbocycles. The second-order valence-corrected chi connectivity index (χ2v) is 11.2. The van der Waals surface area contributed by atoms with E-state index in [2.05, 4.69) is 35.3 Å². The summed E-state index contributed by atoms with van der Waals surface area (Å²) in [7, 11) is 1.54. The Labute approximate surface area is 271 Å². The number of carboxylic acids is 2. The molecule has 0 aliphatic carbocycles. The van der Waals surface area contributed by atoms with Gasteiger partial charge < -0.3 is 47.7 Å². The van der Waals surface area contributed by atoms with Crippen molar-refractivity contribution in [2.24, 2.45) is 17.9 Å². The van der Waals surface area contributed by atoms with E-state index in [4.69, 9.17) is 25.4 Å². The van der Waals surface area contributed by atoms with Crippen LogP contribution in [0.4, 0.5) is 21.4 Å². The maximum atomic E-state index is 13.4. The van der Waals surface area contributed by atoms with Gasteiger partial charge >= 0.3 is 12.0 Å². The number of hydrogen-bond acceptors (Lipinski definition) is 15. The van der Waals surface area contributed by atoms with Gasteiger partial charge in [-0.05, 0) is 13.7 Å². The summed E-state index contributed by atoms with van der Waals surface area (Å²) < 4.78 is 52.1. The number of nitrogens with two attached hydrogens (primary N) is 3. The Bertz CT molecular complexity index is 1810. The highest BCUT2D eigenvalue weighted by Crippen LogP contribution is 2.40. The summed E-state index contributed by atoms with van der Waals surface area (Å²) in [6.45, 7) is -7.43. The van der Waals surface area contributed by atoms with Gasteiger partial charge in [-0.3, -0.25) is 19.8 Å². The van der Waals surface area contributed by atoms with E-state index in [1.54, 1.807) is 7.05 Å². The number of nitrogens with one attached hydrogen (secondary N) is 3. The van der Waals surface area contributed by atoms with Crippen molar-refractivity contribution in [2.45, 2.75) is 37.3 Å². The van der Waals surface area contributed by atoms with E-state index in [1.165, 1.54) is 15.6 Å². The highest BCUT2D eigenvalue weighted by Gasteiger charge is 2.53. The van der Waals surface area contributed by atoms with Gasteiger partial charge in [-0.15, -0.1) is 21.1 Å². The number of thioether (sulfide) groups is 1. The quantitative estimate of drug-likeness (QED) is 0.0491. The molecule has 242 valence electrons. The number of amides is 4. The first-order chi connectivity index (χ1) is 23.7. The van der Waals surface area contributed by atoms with Gasteiger partial charge in [0.15, 0.2) is 23.2 Å². The number of oxime groups is 1. The number of urea groups is 1. The van der Waals surface area contributed by atoms with E-state index in [9.17, 15) is 34.2 Å². The molecule has 4 amide bonds. The number of carbonyl (C=O) groups is 5. The minimum atomic E-state index is -3.95. The van der Waals surface area contributed by atoms with Gasteiger partial charge in [0.25, 0.3) is 11.8 Å². The van der Waals surface area contributed by atoms with Gasteiger partial charge in [0, 0.05) is 44.2 Å². The van der Waals surface area contributed by atoms with Crippen LogP contribution in [0.5, 0.6) is 0 Å². The van der Waals surface area contributed by atoms with Crippen molar-refractivity contribution in [3.05, 3.63) is 23.3 Å². The number of rotatable bonds is 12. The van der Waals surface area contributed by atoms with E-state index in [0.29, 0.717) is 11.5 Å². The highest BCUT2D eigenvalue weighted by molar-refractivity contribution is 8.00. The largest absolute Gasteiger partial charge is 0.543 e. The molecule has 4 heterocycles. The van der Waals surface area contributed by atoms with E-state index in [-0.39, 0.29) is 47.6 Å². The molecule has 10 N–H and O–H groups in total. The fourth-order valence-electron chi connectivity index (χ4n) is 4.08. The zero-order chi connectivity index (χ0) is 38.2. The Morgan fingerprint density at radius 3 is 2.69 bits per heavy atom. The fourth-order valence-corrected chi connectivity index (χ4v) is 5.85. The lowest BCUT2D eigenvalue weighted by atomic mass is 10.0. The van der Waals surface area contributed by atoms with Crippen LogP contribution >= 0.6 is 23.3 Å². The molecule has 22 heteroatoms. The van der Waals surface area contributed by atoms with Crippen LogP contribution in [0.3, 0.4) is 0 Å². The van der Waals surface area contributed by atoms with Crippen molar-refractivity contribution in [1.82, 2.24) is 29.6 Å². The highest BCUT2D eigenvalue weighted by atomic mass is 32.2. The first-order valence-corrected chi connectivity index (χ1v) is 14.4. The normalized spacial score (nSPS) is 20.7. The van der Waals surface area contributed by atoms with Crippen LogP contribution in [-0.4, -0.2) is 95.4 Å². The van der Waals surface area contributed by atoms with E-state index in [1.807, 2.05) is 0 Å². The summed E-state index contributed by atoms with van der Waals surface area (Å²) in [5.74, 6) is -6.96. The summed E-state index contributed by atoms with van der Waals surface area (Å²) in [5, 5.41) is 31.3. The smallest absolute Gasteiger partial charge is 0.350 e. The maximum absolute atomic E-state index is 13.4. The van der Waals surface area contributed by atoms with Crippen LogP contribution in [0.25, 0.3) is 0 Å². The lowest BCUT2D eigenvalue weighted by Crippen LogP contribution is -2.71. The minimum Gasteiger partial charge on any atom is -0.543 e. The number of aromatic nitrogens is 4. The first-order valence-electron chi connectivity index (χ1n) is 15.5. The number of nitrogens with zero attached hydrogens (tertiary/aromatic N) is 6. The van der Waals surface area contributed by atoms with Crippen molar-refractivity contribution in [3.63, 3.8) is 0 Å². The zero-order valence-corrected chi connectivity index (χ0v) is 24.7. The van der Waals surface area contributed by atoms with E-state index < -0.39 is 77.7 Å². The van der Waals surface area contributed by atoms with Gasteiger partial charge in [0.05, 0.1) is 18.7 Å². The molecule has 2 atom stereocenters. The summed E-state index contributed by atoms with van der Waals surface area (Å²) >= 11 is 1.58. The summed E-state index contributed by atoms with van der Waals surface area (Å²) in [4.78, 5) is 72.5. The fraction of sp³-hybridized carbons (Fsp3) is 0.435. The number of carbonyl (C=O) groups excluding carboxylic acids is 4. The maximum Gasteiger partial charge on any atom is 0.350 e. The standard InChI is InChI=1S/C23H30N12O8S2/c1-23(2,20(40)41)43-31-11(15-30-21(26)45-32-15)16(36)29-12-17(37)35-13(19(38)39)9(8-44-18(12)35)6-34-7-10(14(25)33(34)3)28-22(42)27-5-4-24/h7,12,18,25H,4-6,8,24H2,1-3H3,(H7,26,27,28,29,30,32,36,38,39,40,41,42)/b31-11-/t12-,18-/m1/s1/i1D3,2D3. The number of aliphatic carboxylic acids is 2. The molecule has 45 heavy (non-hydrogen) atoms. The van der Waals surface area contributed by atoms with Crippen LogP contribution < -0.4 is 42.9 Å². The molecule has 0 saturated carbocycles. The molecule has 1 saturated heterocycles. The van der Waals surface area contributed by atoms with Gasteiger partial charge in [-0.25, -0.2) is 9.59 Å². The molecular weight excluding hydrogens is 636 g/mol. The monoisotopic (exact) mass is 672 g/mol. The van der Waals surface area contributed by atoms with Gasteiger partial charge in [0.1, 0.15) is 11.4 Å². The molecule has 4 rings (SSSR count). The van der Waals surface area contributed by atoms with Crippen molar-refractivity contribution < 1.29 is 51.9 Å². The Hall–Kier alpha value is -4.96. The van der Waals surface area contributed by atoms with Crippen LogP contribution in [0.1, 0.15) is 27.8 Å². The SMILES string of the molecule is [2H]C([2H])([2H])C(O/N=C(\C(=O)N[C@@H]1C(=O)N2C(C(=O)[O-])=C(C[n+]3cc(NC(=O)NCCN)c(N)n3C)CS[C@H]12)c1nsc(N)n1)(C(=O)O)C([2H])([2H])[2H]. The third-order valence-electron chi connectivity index (χ3n) is 6.29. The lowest BCUT2D eigenvalue weighted by molar-refractivity contribution is -0.765. The second kappa shape index (κ2) is 13.0. The molecule has 20 nitrogen and oxygen atoms in total. The number of carboxylic acid groups (broad SMARTS) is 2. The average molecular weight is 673 g/mol. The molecule has 2 aromatic heterocycles. The molecule has 2 aromatic rings. The van der Waals surface area contributed by atoms with Crippen molar-refractivity contribution in [2.75, 3.05) is 35.6 Å². The van der Waals surface area contributed by atoms with Crippen LogP contribution in [0.15, 0.2) is 22.6 Å². The molecular formula is C23H30N12O8S2. The van der Waals surface area contributed by atoms with Crippen molar-refractivity contribution >= 4 is 75.4 Å². The van der Waals surface area contributed by atoms with Crippen LogP contribution in [-0.2, 0) is 37.6 Å².